The van der Waals surface area contributed by atoms with E-state index in [4.69, 9.17) is 9.73 Å². The molecule has 0 bridgehead atoms. The number of benzene rings is 2. The van der Waals surface area contributed by atoms with E-state index in [-0.39, 0.29) is 5.56 Å². The summed E-state index contributed by atoms with van der Waals surface area (Å²) in [5.41, 5.74) is 4.63. The number of guanidine groups is 1. The molecule has 3 aromatic rings. The SMILES string of the molecule is COc1ccc([C@H]2N=C(Nc3cccc(C)c3C)Nc3nc(C)cc(=O)n32)cc1. The van der Waals surface area contributed by atoms with Gasteiger partial charge >= 0.3 is 0 Å². The van der Waals surface area contributed by atoms with E-state index in [2.05, 4.69) is 35.5 Å². The molecule has 1 aliphatic heterocycles. The van der Waals surface area contributed by atoms with E-state index in [1.165, 1.54) is 11.6 Å². The maximum atomic E-state index is 12.7. The lowest BCUT2D eigenvalue weighted by Gasteiger charge is -2.27. The molecule has 0 saturated heterocycles. The van der Waals surface area contributed by atoms with Gasteiger partial charge in [-0.1, -0.05) is 24.3 Å². The monoisotopic (exact) mass is 389 g/mol. The van der Waals surface area contributed by atoms with Gasteiger partial charge in [-0.25, -0.2) is 9.98 Å². The predicted molar refractivity (Wildman–Crippen MR) is 115 cm³/mol. The van der Waals surface area contributed by atoms with Crippen molar-refractivity contribution >= 4 is 17.6 Å². The number of nitrogens with zero attached hydrogens (tertiary/aromatic N) is 3. The largest absolute Gasteiger partial charge is 0.497 e. The summed E-state index contributed by atoms with van der Waals surface area (Å²) in [6, 6.07) is 15.1. The van der Waals surface area contributed by atoms with E-state index in [9.17, 15) is 4.79 Å². The van der Waals surface area contributed by atoms with Crippen LogP contribution in [0.15, 0.2) is 58.3 Å². The molecule has 0 amide bonds. The molecular formula is C22H23N5O2. The third kappa shape index (κ3) is 3.59. The van der Waals surface area contributed by atoms with Crippen LogP contribution in [0.25, 0.3) is 0 Å². The lowest BCUT2D eigenvalue weighted by atomic mass is 10.1. The van der Waals surface area contributed by atoms with Gasteiger partial charge in [-0.3, -0.25) is 14.7 Å². The number of hydrogen-bond acceptors (Lipinski definition) is 6. The first-order valence-electron chi connectivity index (χ1n) is 9.38. The average molecular weight is 389 g/mol. The van der Waals surface area contributed by atoms with E-state index in [0.717, 1.165) is 22.6 Å². The second kappa shape index (κ2) is 7.43. The number of aromatic nitrogens is 2. The van der Waals surface area contributed by atoms with Gasteiger partial charge < -0.3 is 10.1 Å². The van der Waals surface area contributed by atoms with E-state index in [0.29, 0.717) is 17.6 Å². The van der Waals surface area contributed by atoms with Crippen molar-refractivity contribution in [3.05, 3.63) is 81.3 Å². The highest BCUT2D eigenvalue weighted by Gasteiger charge is 2.25. The Morgan fingerprint density at radius 2 is 1.86 bits per heavy atom. The maximum absolute atomic E-state index is 12.7. The van der Waals surface area contributed by atoms with Crippen LogP contribution in [0.1, 0.15) is 28.6 Å². The third-order valence-electron chi connectivity index (χ3n) is 5.08. The van der Waals surface area contributed by atoms with Crippen LogP contribution < -0.4 is 20.9 Å². The van der Waals surface area contributed by atoms with Crippen molar-refractivity contribution in [2.75, 3.05) is 17.7 Å². The molecular weight excluding hydrogens is 366 g/mol. The second-order valence-corrected chi connectivity index (χ2v) is 7.05. The first-order valence-corrected chi connectivity index (χ1v) is 9.38. The Labute approximate surface area is 169 Å². The van der Waals surface area contributed by atoms with Crippen LogP contribution in [0, 0.1) is 20.8 Å². The minimum Gasteiger partial charge on any atom is -0.497 e. The van der Waals surface area contributed by atoms with Gasteiger partial charge in [0.05, 0.1) is 7.11 Å². The molecule has 2 N–H and O–H groups in total. The van der Waals surface area contributed by atoms with E-state index < -0.39 is 6.17 Å². The number of nitrogens with one attached hydrogen (secondary N) is 2. The minimum atomic E-state index is -0.537. The van der Waals surface area contributed by atoms with Crippen LogP contribution in [-0.4, -0.2) is 22.6 Å². The molecule has 1 aromatic heterocycles. The van der Waals surface area contributed by atoms with Crippen LogP contribution in [0.3, 0.4) is 0 Å². The van der Waals surface area contributed by atoms with E-state index >= 15 is 0 Å². The summed E-state index contributed by atoms with van der Waals surface area (Å²) < 4.78 is 6.81. The molecule has 0 fully saturated rings. The van der Waals surface area contributed by atoms with Crippen LogP contribution in [-0.2, 0) is 0 Å². The number of methoxy groups -OCH3 is 1. The summed E-state index contributed by atoms with van der Waals surface area (Å²) in [4.78, 5) is 22.0. The molecule has 7 nitrogen and oxygen atoms in total. The van der Waals surface area contributed by atoms with Crippen LogP contribution in [0.4, 0.5) is 11.6 Å². The zero-order valence-electron chi connectivity index (χ0n) is 16.9. The number of rotatable bonds is 3. The van der Waals surface area contributed by atoms with E-state index in [1.807, 2.05) is 36.4 Å². The standard InChI is InChI=1S/C22H23N5O2/c1-13-6-5-7-18(15(13)3)24-21-25-20(16-8-10-17(29-4)11-9-16)27-19(28)12-14(2)23-22(27)26-21/h5-12,20H,1-4H3,(H2,23,24,25,26)/t20-/m0/s1. The highest BCUT2D eigenvalue weighted by atomic mass is 16.5. The topological polar surface area (TPSA) is 80.5 Å². The smallest absolute Gasteiger partial charge is 0.257 e. The summed E-state index contributed by atoms with van der Waals surface area (Å²) in [6.07, 6.45) is -0.537. The number of aliphatic imine (C=N–C) groups is 1. The summed E-state index contributed by atoms with van der Waals surface area (Å²) >= 11 is 0. The zero-order chi connectivity index (χ0) is 20.5. The van der Waals surface area contributed by atoms with Crippen LogP contribution in [0.5, 0.6) is 5.75 Å². The van der Waals surface area contributed by atoms with E-state index in [1.54, 1.807) is 18.6 Å². The number of fused-ring (bicyclic) bond motifs is 1. The Morgan fingerprint density at radius 3 is 2.59 bits per heavy atom. The van der Waals surface area contributed by atoms with Crippen molar-refractivity contribution in [1.29, 1.82) is 0 Å². The number of anilines is 2. The Hall–Kier alpha value is -3.61. The van der Waals surface area contributed by atoms with Crippen molar-refractivity contribution in [3.8, 4) is 5.75 Å². The molecule has 0 spiro atoms. The third-order valence-corrected chi connectivity index (χ3v) is 5.08. The van der Waals surface area contributed by atoms with Crippen molar-refractivity contribution in [2.45, 2.75) is 26.9 Å². The normalized spacial score (nSPS) is 15.2. The number of ether oxygens (including phenoxy) is 1. The van der Waals surface area contributed by atoms with Crippen molar-refractivity contribution in [2.24, 2.45) is 4.99 Å². The summed E-state index contributed by atoms with van der Waals surface area (Å²) in [6.45, 7) is 5.93. The lowest BCUT2D eigenvalue weighted by molar-refractivity contribution is 0.414. The second-order valence-electron chi connectivity index (χ2n) is 7.05. The fourth-order valence-electron chi connectivity index (χ4n) is 3.33. The van der Waals surface area contributed by atoms with Crippen LogP contribution >= 0.6 is 0 Å². The Kier molecular flexibility index (Phi) is 4.80. The van der Waals surface area contributed by atoms with Gasteiger partial charge in [-0.2, -0.15) is 0 Å². The molecule has 2 aromatic carbocycles. The Balaban J connectivity index is 1.80. The Morgan fingerprint density at radius 1 is 1.10 bits per heavy atom. The number of aryl methyl sites for hydroxylation is 2. The van der Waals surface area contributed by atoms with Gasteiger partial charge in [-0.05, 0) is 55.7 Å². The molecule has 29 heavy (non-hydrogen) atoms. The summed E-state index contributed by atoms with van der Waals surface area (Å²) in [5, 5.41) is 6.51. The molecule has 1 aliphatic rings. The minimum absolute atomic E-state index is 0.157. The molecule has 4 rings (SSSR count). The van der Waals surface area contributed by atoms with Crippen molar-refractivity contribution in [1.82, 2.24) is 9.55 Å². The maximum Gasteiger partial charge on any atom is 0.257 e. The van der Waals surface area contributed by atoms with Gasteiger partial charge in [0.1, 0.15) is 5.75 Å². The molecule has 148 valence electrons. The molecule has 0 unspecified atom stereocenters. The fraction of sp³-hybridized carbons (Fsp3) is 0.227. The molecule has 0 aliphatic carbocycles. The molecule has 2 heterocycles. The highest BCUT2D eigenvalue weighted by molar-refractivity contribution is 6.04. The zero-order valence-corrected chi connectivity index (χ0v) is 16.9. The average Bonchev–Trinajstić information content (AvgIpc) is 2.70. The fourth-order valence-corrected chi connectivity index (χ4v) is 3.33. The van der Waals surface area contributed by atoms with Gasteiger partial charge in [0.2, 0.25) is 11.9 Å². The van der Waals surface area contributed by atoms with Crippen molar-refractivity contribution in [3.63, 3.8) is 0 Å². The lowest BCUT2D eigenvalue weighted by Crippen LogP contribution is -2.37. The van der Waals surface area contributed by atoms with Crippen LogP contribution in [0.2, 0.25) is 0 Å². The molecule has 7 heteroatoms. The van der Waals surface area contributed by atoms with Gasteiger partial charge in [0.25, 0.3) is 5.56 Å². The summed E-state index contributed by atoms with van der Waals surface area (Å²) in [7, 11) is 1.62. The quantitative estimate of drug-likeness (QED) is 0.715. The highest BCUT2D eigenvalue weighted by Crippen LogP contribution is 2.28. The predicted octanol–water partition coefficient (Wildman–Crippen LogP) is 3.62. The Bertz CT molecular complexity index is 1150. The molecule has 0 saturated carbocycles. The van der Waals surface area contributed by atoms with Gasteiger partial charge in [0, 0.05) is 17.4 Å². The first-order chi connectivity index (χ1) is 14.0. The first kappa shape index (κ1) is 18.7. The van der Waals surface area contributed by atoms with Gasteiger partial charge in [0.15, 0.2) is 6.17 Å². The summed E-state index contributed by atoms with van der Waals surface area (Å²) in [5.74, 6) is 1.74. The molecule has 1 atom stereocenters. The molecule has 0 radical (unpaired) electrons. The van der Waals surface area contributed by atoms with Gasteiger partial charge in [-0.15, -0.1) is 0 Å². The van der Waals surface area contributed by atoms with Crippen molar-refractivity contribution < 1.29 is 4.74 Å². The number of hydrogen-bond donors (Lipinski definition) is 2.